The summed E-state index contributed by atoms with van der Waals surface area (Å²) in [7, 11) is 0. The topological polar surface area (TPSA) is 73.5 Å². The lowest BCUT2D eigenvalue weighted by Crippen LogP contribution is -2.33. The molecule has 1 aliphatic carbocycles. The molecule has 0 spiro atoms. The Morgan fingerprint density at radius 2 is 1.18 bits per heavy atom. The Balaban J connectivity index is 1.49. The SMILES string of the molecule is CC1C(O)=c2cc(-c3ccc(F)c(C(F)(F)F)c3)ccc2=C1N=c1c(=N)c2ccc(-c3ccc(F)c(C(F)(F)F)c3)cc2c1=O. The summed E-state index contributed by atoms with van der Waals surface area (Å²) < 4.78 is 107. The number of benzene rings is 4. The van der Waals surface area contributed by atoms with Crippen LogP contribution in [0.15, 0.2) is 82.6 Å². The second-order valence-corrected chi connectivity index (χ2v) is 10.6. The van der Waals surface area contributed by atoms with Crippen LogP contribution in [0.25, 0.3) is 44.5 Å². The average molecular weight is 627 g/mol. The van der Waals surface area contributed by atoms with E-state index in [-0.39, 0.29) is 60.4 Å². The fourth-order valence-corrected chi connectivity index (χ4v) is 5.48. The van der Waals surface area contributed by atoms with E-state index < -0.39 is 46.5 Å². The van der Waals surface area contributed by atoms with E-state index in [0.29, 0.717) is 29.5 Å². The third-order valence-corrected chi connectivity index (χ3v) is 7.82. The first-order valence-electron chi connectivity index (χ1n) is 13.2. The summed E-state index contributed by atoms with van der Waals surface area (Å²) in [5.74, 6) is -3.83. The van der Waals surface area contributed by atoms with Gasteiger partial charge in [0.15, 0.2) is 0 Å². The van der Waals surface area contributed by atoms with E-state index in [0.717, 1.165) is 6.07 Å². The predicted molar refractivity (Wildman–Crippen MR) is 149 cm³/mol. The van der Waals surface area contributed by atoms with E-state index in [1.165, 1.54) is 42.5 Å². The Kier molecular flexibility index (Phi) is 6.79. The molecule has 0 aromatic heterocycles. The van der Waals surface area contributed by atoms with Gasteiger partial charge in [-0.1, -0.05) is 36.4 Å². The van der Waals surface area contributed by atoms with Gasteiger partial charge in [-0.25, -0.2) is 13.8 Å². The summed E-state index contributed by atoms with van der Waals surface area (Å²) in [6, 6.07) is 13.4. The van der Waals surface area contributed by atoms with Crippen molar-refractivity contribution >= 4 is 22.2 Å². The largest absolute Gasteiger partial charge is 0.511 e. The zero-order valence-electron chi connectivity index (χ0n) is 22.8. The molecule has 0 bridgehead atoms. The molecule has 4 nitrogen and oxygen atoms in total. The minimum atomic E-state index is -4.94. The molecule has 0 saturated carbocycles. The number of nitrogens with one attached hydrogen (secondary N) is 1. The highest BCUT2D eigenvalue weighted by Crippen LogP contribution is 2.36. The van der Waals surface area contributed by atoms with E-state index in [1.807, 2.05) is 0 Å². The summed E-state index contributed by atoms with van der Waals surface area (Å²) in [5, 5.41) is 19.7. The first-order valence-corrected chi connectivity index (χ1v) is 13.2. The minimum absolute atomic E-state index is 0.000866. The van der Waals surface area contributed by atoms with Crippen LogP contribution in [0, 0.1) is 23.0 Å². The van der Waals surface area contributed by atoms with Gasteiger partial charge in [-0.3, -0.25) is 10.2 Å². The smallest absolute Gasteiger partial charge is 0.419 e. The van der Waals surface area contributed by atoms with Gasteiger partial charge in [0.1, 0.15) is 22.8 Å². The molecule has 0 saturated heterocycles. The second kappa shape index (κ2) is 10.2. The van der Waals surface area contributed by atoms with Crippen LogP contribution in [0.2, 0.25) is 0 Å². The monoisotopic (exact) mass is 626 g/mol. The fraction of sp³-hybridized carbons (Fsp3) is 0.121. The first-order chi connectivity index (χ1) is 21.1. The van der Waals surface area contributed by atoms with Crippen LogP contribution in [-0.4, -0.2) is 5.11 Å². The van der Waals surface area contributed by atoms with Crippen molar-refractivity contribution in [3.8, 4) is 22.3 Å². The lowest BCUT2D eigenvalue weighted by atomic mass is 10.0. The quantitative estimate of drug-likeness (QED) is 0.233. The highest BCUT2D eigenvalue weighted by atomic mass is 19.4. The van der Waals surface area contributed by atoms with Gasteiger partial charge in [-0.05, 0) is 65.6 Å². The lowest BCUT2D eigenvalue weighted by molar-refractivity contribution is -0.140. The molecule has 0 fully saturated rings. The van der Waals surface area contributed by atoms with Crippen molar-refractivity contribution in [1.82, 2.24) is 0 Å². The maximum absolute atomic E-state index is 13.8. The molecule has 0 aliphatic heterocycles. The second-order valence-electron chi connectivity index (χ2n) is 10.6. The molecule has 6 rings (SSSR count). The van der Waals surface area contributed by atoms with Crippen LogP contribution < -0.4 is 26.6 Å². The summed E-state index contributed by atoms with van der Waals surface area (Å²) in [5.41, 5.74) is -2.90. The van der Waals surface area contributed by atoms with Gasteiger partial charge >= 0.3 is 12.4 Å². The number of alkyl halides is 6. The molecule has 1 unspecified atom stereocenters. The van der Waals surface area contributed by atoms with Crippen molar-refractivity contribution in [1.29, 1.82) is 5.41 Å². The summed E-state index contributed by atoms with van der Waals surface area (Å²) in [6.45, 7) is 1.58. The Labute approximate surface area is 247 Å². The third kappa shape index (κ3) is 4.99. The molecule has 12 heteroatoms. The van der Waals surface area contributed by atoms with Gasteiger partial charge in [0.25, 0.3) is 0 Å². The number of fused-ring (bicyclic) bond motifs is 2. The van der Waals surface area contributed by atoms with Crippen LogP contribution in [0.1, 0.15) is 18.1 Å². The van der Waals surface area contributed by atoms with Crippen molar-refractivity contribution in [2.45, 2.75) is 19.3 Å². The Morgan fingerprint density at radius 1 is 0.689 bits per heavy atom. The first kappa shape index (κ1) is 29.9. The zero-order chi connectivity index (χ0) is 32.6. The molecule has 0 radical (unpaired) electrons. The normalized spacial score (nSPS) is 15.8. The maximum Gasteiger partial charge on any atom is 0.419 e. The van der Waals surface area contributed by atoms with E-state index in [4.69, 9.17) is 5.41 Å². The molecule has 5 aromatic carbocycles. The Bertz CT molecular complexity index is 2350. The van der Waals surface area contributed by atoms with E-state index in [9.17, 15) is 45.0 Å². The van der Waals surface area contributed by atoms with E-state index in [2.05, 4.69) is 4.99 Å². The van der Waals surface area contributed by atoms with Crippen LogP contribution >= 0.6 is 0 Å². The molecule has 228 valence electrons. The number of rotatable bonds is 3. The van der Waals surface area contributed by atoms with Crippen molar-refractivity contribution < 1.29 is 40.2 Å². The predicted octanol–water partition coefficient (Wildman–Crippen LogP) is 6.23. The Morgan fingerprint density at radius 3 is 1.73 bits per heavy atom. The molecular formula is C33H18F8N2O2. The minimum Gasteiger partial charge on any atom is -0.511 e. The number of hydrogen-bond acceptors (Lipinski definition) is 4. The van der Waals surface area contributed by atoms with Crippen molar-refractivity contribution in [2.75, 3.05) is 0 Å². The van der Waals surface area contributed by atoms with Gasteiger partial charge < -0.3 is 5.11 Å². The summed E-state index contributed by atoms with van der Waals surface area (Å²) in [6.07, 6.45) is -9.85. The molecular weight excluding hydrogens is 608 g/mol. The molecule has 2 N–H and O–H groups in total. The van der Waals surface area contributed by atoms with Gasteiger partial charge in [0, 0.05) is 21.2 Å². The van der Waals surface area contributed by atoms with Crippen molar-refractivity contribution in [3.63, 3.8) is 0 Å². The Hall–Kier alpha value is -5.13. The molecule has 1 aliphatic rings. The maximum atomic E-state index is 13.8. The van der Waals surface area contributed by atoms with E-state index >= 15 is 0 Å². The zero-order valence-corrected chi connectivity index (χ0v) is 22.8. The standard InChI is InChI=1S/C33H18F8N2O2/c1-14-28(20-7-3-16(11-22(20)30(14)44)18-5-9-26(35)24(13-18)33(39,40)41)43-29-27(42)19-6-2-15(10-21(19)31(29)45)17-4-8-25(34)23(12-17)32(36,37)38/h2-14,42,44H,1H3. The van der Waals surface area contributed by atoms with Crippen LogP contribution in [-0.2, 0) is 12.4 Å². The number of aliphatic hydroxyl groups excluding tert-OH is 1. The number of nitrogens with zero attached hydrogens (tertiary/aromatic N) is 1. The molecule has 1 atom stereocenters. The molecule has 45 heavy (non-hydrogen) atoms. The fourth-order valence-electron chi connectivity index (χ4n) is 5.48. The van der Waals surface area contributed by atoms with Gasteiger partial charge in [-0.15, -0.1) is 0 Å². The number of halogens is 8. The van der Waals surface area contributed by atoms with Crippen molar-refractivity contribution in [3.05, 3.63) is 127 Å². The summed E-state index contributed by atoms with van der Waals surface area (Å²) >= 11 is 0. The molecule has 0 heterocycles. The van der Waals surface area contributed by atoms with Crippen molar-refractivity contribution in [2.24, 2.45) is 10.9 Å². The van der Waals surface area contributed by atoms with Gasteiger partial charge in [0.2, 0.25) is 5.43 Å². The average Bonchev–Trinajstić information content (AvgIpc) is 3.36. The van der Waals surface area contributed by atoms with Gasteiger partial charge in [-0.2, -0.15) is 26.3 Å². The third-order valence-electron chi connectivity index (χ3n) is 7.82. The number of hydrogen-bond donors (Lipinski definition) is 2. The summed E-state index contributed by atoms with van der Waals surface area (Å²) in [4.78, 5) is 17.8. The van der Waals surface area contributed by atoms with Crippen LogP contribution in [0.4, 0.5) is 35.1 Å². The van der Waals surface area contributed by atoms with Crippen LogP contribution in [0.3, 0.4) is 0 Å². The highest BCUT2D eigenvalue weighted by molar-refractivity contribution is 5.88. The van der Waals surface area contributed by atoms with Gasteiger partial charge in [0.05, 0.1) is 28.1 Å². The lowest BCUT2D eigenvalue weighted by Gasteiger charge is -2.10. The number of aliphatic hydroxyl groups is 1. The molecule has 5 aromatic rings. The molecule has 0 amide bonds. The van der Waals surface area contributed by atoms with E-state index in [1.54, 1.807) is 6.92 Å². The highest BCUT2D eigenvalue weighted by Gasteiger charge is 2.35. The van der Waals surface area contributed by atoms with Crippen LogP contribution in [0.5, 0.6) is 0 Å².